The van der Waals surface area contributed by atoms with Crippen LogP contribution in [-0.4, -0.2) is 36.2 Å². The van der Waals surface area contributed by atoms with Crippen LogP contribution in [0, 0.1) is 0 Å². The fourth-order valence-electron chi connectivity index (χ4n) is 4.16. The van der Waals surface area contributed by atoms with Gasteiger partial charge < -0.3 is 18.9 Å². The molecular weight excluding hydrogens is 536 g/mol. The van der Waals surface area contributed by atoms with E-state index < -0.39 is 23.9 Å². The maximum Gasteiger partial charge on any atom is 0.338 e. The van der Waals surface area contributed by atoms with Crippen LogP contribution in [0.5, 0.6) is 17.2 Å². The van der Waals surface area contributed by atoms with Crippen molar-refractivity contribution in [3.63, 3.8) is 0 Å². The summed E-state index contributed by atoms with van der Waals surface area (Å²) < 4.78 is 22.8. The normalized spacial score (nSPS) is 14.6. The van der Waals surface area contributed by atoms with Gasteiger partial charge in [0, 0.05) is 13.8 Å². The minimum Gasteiger partial charge on any atom is -0.493 e. The highest BCUT2D eigenvalue weighted by molar-refractivity contribution is 7.07. The zero-order valence-corrected chi connectivity index (χ0v) is 23.1. The number of methoxy groups -OCH3 is 1. The highest BCUT2D eigenvalue weighted by Crippen LogP contribution is 2.32. The van der Waals surface area contributed by atoms with E-state index >= 15 is 0 Å². The number of esters is 3. The first-order chi connectivity index (χ1) is 19.1. The molecule has 0 spiro atoms. The number of carbonyl (C=O) groups excluding carboxylic acids is 3. The number of allylic oxidation sites excluding steroid dienone is 1. The maximum absolute atomic E-state index is 13.8. The third-order valence-electron chi connectivity index (χ3n) is 5.77. The Balaban J connectivity index is 1.86. The number of ether oxygens (including phenoxy) is 4. The van der Waals surface area contributed by atoms with Crippen LogP contribution in [0.15, 0.2) is 76.2 Å². The lowest BCUT2D eigenvalue weighted by atomic mass is 9.96. The molecule has 10 nitrogen and oxygen atoms in total. The minimum atomic E-state index is -0.844. The molecule has 0 bridgehead atoms. The van der Waals surface area contributed by atoms with Crippen molar-refractivity contribution in [1.82, 2.24) is 4.57 Å². The maximum atomic E-state index is 13.8. The van der Waals surface area contributed by atoms with Gasteiger partial charge >= 0.3 is 17.9 Å². The zero-order valence-electron chi connectivity index (χ0n) is 22.3. The van der Waals surface area contributed by atoms with E-state index in [0.29, 0.717) is 37.7 Å². The average Bonchev–Trinajstić information content (AvgIpc) is 3.21. The number of hydrogen-bond acceptors (Lipinski definition) is 10. The lowest BCUT2D eigenvalue weighted by Crippen LogP contribution is -2.39. The van der Waals surface area contributed by atoms with Crippen LogP contribution in [0.1, 0.15) is 37.9 Å². The first-order valence-electron chi connectivity index (χ1n) is 12.1. The molecule has 3 aromatic rings. The Morgan fingerprint density at radius 3 is 2.38 bits per heavy atom. The Hall–Kier alpha value is -4.77. The first-order valence-corrected chi connectivity index (χ1v) is 12.9. The number of hydrogen-bond donors (Lipinski definition) is 0. The molecule has 1 atom stereocenters. The van der Waals surface area contributed by atoms with Crippen molar-refractivity contribution in [2.45, 2.75) is 26.8 Å². The van der Waals surface area contributed by atoms with Crippen molar-refractivity contribution < 1.29 is 33.3 Å². The van der Waals surface area contributed by atoms with Gasteiger partial charge in [0.05, 0.1) is 29.0 Å². The van der Waals surface area contributed by atoms with Crippen LogP contribution in [0.2, 0.25) is 0 Å². The Labute approximate surface area is 233 Å². The van der Waals surface area contributed by atoms with Crippen LogP contribution < -0.4 is 29.1 Å². The fraction of sp³-hybridized carbons (Fsp3) is 0.207. The molecule has 1 aliphatic heterocycles. The fourth-order valence-corrected chi connectivity index (χ4v) is 5.21. The van der Waals surface area contributed by atoms with Gasteiger partial charge in [-0.3, -0.25) is 19.0 Å². The molecule has 0 radical (unpaired) electrons. The molecule has 1 aromatic heterocycles. The lowest BCUT2D eigenvalue weighted by Gasteiger charge is -2.24. The molecule has 2 aromatic carbocycles. The highest BCUT2D eigenvalue weighted by Gasteiger charge is 2.33. The van der Waals surface area contributed by atoms with Crippen molar-refractivity contribution in [1.29, 1.82) is 0 Å². The molecule has 2 heterocycles. The summed E-state index contributed by atoms with van der Waals surface area (Å²) in [6.45, 7) is 7.84. The van der Waals surface area contributed by atoms with Gasteiger partial charge in [-0.25, -0.2) is 9.79 Å². The molecule has 4 rings (SSSR count). The molecule has 0 amide bonds. The Morgan fingerprint density at radius 2 is 1.75 bits per heavy atom. The van der Waals surface area contributed by atoms with Gasteiger partial charge in [-0.05, 0) is 48.4 Å². The minimum absolute atomic E-state index is 0.0106. The second-order valence-corrected chi connectivity index (χ2v) is 9.64. The molecule has 11 heteroatoms. The third-order valence-corrected chi connectivity index (χ3v) is 6.75. The van der Waals surface area contributed by atoms with E-state index in [4.69, 9.17) is 18.9 Å². The van der Waals surface area contributed by atoms with Crippen LogP contribution in [0.3, 0.4) is 0 Å². The molecule has 0 N–H and O–H groups in total. The van der Waals surface area contributed by atoms with E-state index in [1.807, 2.05) is 0 Å². The van der Waals surface area contributed by atoms with E-state index in [9.17, 15) is 19.2 Å². The van der Waals surface area contributed by atoms with Crippen LogP contribution in [-0.2, 0) is 19.1 Å². The highest BCUT2D eigenvalue weighted by atomic mass is 32.1. The number of carbonyl (C=O) groups is 3. The monoisotopic (exact) mass is 562 g/mol. The van der Waals surface area contributed by atoms with Crippen molar-refractivity contribution in [3.8, 4) is 17.2 Å². The molecular formula is C29H26N2O8S. The summed E-state index contributed by atoms with van der Waals surface area (Å²) in [5, 5.41) is 0. The second kappa shape index (κ2) is 12.0. The van der Waals surface area contributed by atoms with Crippen molar-refractivity contribution in [3.05, 3.63) is 97.2 Å². The van der Waals surface area contributed by atoms with Gasteiger partial charge in [-0.15, -0.1) is 0 Å². The number of fused-ring (bicyclic) bond motifs is 1. The summed E-state index contributed by atoms with van der Waals surface area (Å²) in [7, 11) is 1.45. The molecule has 0 saturated carbocycles. The Morgan fingerprint density at radius 1 is 1.05 bits per heavy atom. The molecule has 0 saturated heterocycles. The second-order valence-electron chi connectivity index (χ2n) is 8.64. The molecule has 0 fully saturated rings. The molecule has 1 aliphatic rings. The Kier molecular flexibility index (Phi) is 8.44. The molecule has 40 heavy (non-hydrogen) atoms. The van der Waals surface area contributed by atoms with Crippen LogP contribution >= 0.6 is 11.3 Å². The number of rotatable bonds is 8. The predicted octanol–water partition coefficient (Wildman–Crippen LogP) is 2.82. The zero-order chi connectivity index (χ0) is 29.0. The van der Waals surface area contributed by atoms with Crippen molar-refractivity contribution in [2.24, 2.45) is 4.99 Å². The topological polar surface area (TPSA) is 122 Å². The number of benzene rings is 2. The van der Waals surface area contributed by atoms with Crippen molar-refractivity contribution >= 4 is 35.3 Å². The van der Waals surface area contributed by atoms with Crippen LogP contribution in [0.4, 0.5) is 0 Å². The predicted molar refractivity (Wildman–Crippen MR) is 147 cm³/mol. The van der Waals surface area contributed by atoms with Gasteiger partial charge in [-0.2, -0.15) is 0 Å². The van der Waals surface area contributed by atoms with Gasteiger partial charge in [-0.1, -0.05) is 42.2 Å². The van der Waals surface area contributed by atoms with E-state index in [1.54, 1.807) is 55.5 Å². The lowest BCUT2D eigenvalue weighted by molar-refractivity contribution is -0.138. The molecule has 0 aliphatic carbocycles. The summed E-state index contributed by atoms with van der Waals surface area (Å²) >= 11 is 1.16. The van der Waals surface area contributed by atoms with E-state index in [2.05, 4.69) is 11.6 Å². The summed E-state index contributed by atoms with van der Waals surface area (Å²) in [5.74, 6) is -0.683. The summed E-state index contributed by atoms with van der Waals surface area (Å²) in [5.41, 5.74) is 1.46. The number of nitrogens with zero attached hydrogens (tertiary/aromatic N) is 2. The summed E-state index contributed by atoms with van der Waals surface area (Å²) in [6, 6.07) is 10.6. The van der Waals surface area contributed by atoms with E-state index in [1.165, 1.54) is 31.6 Å². The SMILES string of the molecule is C=CCOC(=O)C1=C(C)N=c2s/c(=C/c3ccc(OC(C)=O)c(OC)c3)c(=O)n2C1c1ccc(OC(C)=O)cc1. The molecule has 1 unspecified atom stereocenters. The Bertz CT molecular complexity index is 1710. The number of thiazole rings is 1. The van der Waals surface area contributed by atoms with E-state index in [-0.39, 0.29) is 23.5 Å². The van der Waals surface area contributed by atoms with Crippen molar-refractivity contribution in [2.75, 3.05) is 13.7 Å². The quantitative estimate of drug-likeness (QED) is 0.233. The van der Waals surface area contributed by atoms with Gasteiger partial charge in [0.1, 0.15) is 12.4 Å². The summed E-state index contributed by atoms with van der Waals surface area (Å²) in [4.78, 5) is 54.6. The van der Waals surface area contributed by atoms with Gasteiger partial charge in [0.2, 0.25) is 0 Å². The number of aromatic nitrogens is 1. The van der Waals surface area contributed by atoms with Gasteiger partial charge in [0.25, 0.3) is 5.56 Å². The van der Waals surface area contributed by atoms with Gasteiger partial charge in [0.15, 0.2) is 16.3 Å². The largest absolute Gasteiger partial charge is 0.493 e. The standard InChI is InChI=1S/C29H26N2O8S/c1-6-13-37-28(35)25-16(2)30-29-31(26(25)20-8-10-21(11-9-20)38-17(3)32)27(34)24(40-29)15-19-7-12-22(39-18(4)33)23(14-19)36-5/h6-12,14-15,26H,1,13H2,2-5H3/b24-15+. The third kappa shape index (κ3) is 5.94. The van der Waals surface area contributed by atoms with E-state index in [0.717, 1.165) is 11.3 Å². The van der Waals surface area contributed by atoms with Crippen LogP contribution in [0.25, 0.3) is 6.08 Å². The average molecular weight is 563 g/mol. The smallest absolute Gasteiger partial charge is 0.338 e. The first kappa shape index (κ1) is 28.2. The summed E-state index contributed by atoms with van der Waals surface area (Å²) in [6.07, 6.45) is 3.12. The molecule has 206 valence electrons.